The highest BCUT2D eigenvalue weighted by Gasteiger charge is 2.16. The van der Waals surface area contributed by atoms with Crippen molar-refractivity contribution in [1.82, 2.24) is 5.32 Å². The van der Waals surface area contributed by atoms with Crippen LogP contribution in [-0.4, -0.2) is 6.04 Å². The zero-order chi connectivity index (χ0) is 19.1. The summed E-state index contributed by atoms with van der Waals surface area (Å²) in [4.78, 5) is 0. The molecule has 0 heterocycles. The van der Waals surface area contributed by atoms with Gasteiger partial charge in [-0.05, 0) is 49.0 Å². The minimum Gasteiger partial charge on any atom is -0.376 e. The van der Waals surface area contributed by atoms with Crippen LogP contribution >= 0.6 is 0 Å². The third kappa shape index (κ3) is 5.24. The summed E-state index contributed by atoms with van der Waals surface area (Å²) in [5.41, 5.74) is 6.61. The molecule has 27 heavy (non-hydrogen) atoms. The monoisotopic (exact) mass is 356 g/mol. The van der Waals surface area contributed by atoms with Crippen LogP contribution in [0, 0.1) is 6.92 Å². The third-order valence-corrected chi connectivity index (χ3v) is 4.84. The minimum atomic E-state index is 0.0377. The molecular weight excluding hydrogens is 328 g/mol. The number of anilines is 1. The van der Waals surface area contributed by atoms with Crippen LogP contribution in [0.4, 0.5) is 5.69 Å². The van der Waals surface area contributed by atoms with Gasteiger partial charge in [-0.15, -0.1) is 0 Å². The lowest BCUT2D eigenvalue weighted by atomic mass is 10.0. The molecule has 2 aromatic carbocycles. The molecule has 138 valence electrons. The summed E-state index contributed by atoms with van der Waals surface area (Å²) in [6.07, 6.45) is 9.61. The van der Waals surface area contributed by atoms with Gasteiger partial charge in [0.15, 0.2) is 0 Å². The Morgan fingerprint density at radius 2 is 1.74 bits per heavy atom. The number of hydrogen-bond acceptors (Lipinski definition) is 2. The van der Waals surface area contributed by atoms with Crippen LogP contribution in [0.25, 0.3) is 0 Å². The molecule has 1 unspecified atom stereocenters. The molecule has 0 spiro atoms. The quantitative estimate of drug-likeness (QED) is 0.614. The van der Waals surface area contributed by atoms with Crippen molar-refractivity contribution in [2.24, 2.45) is 0 Å². The topological polar surface area (TPSA) is 24.1 Å². The van der Waals surface area contributed by atoms with E-state index in [-0.39, 0.29) is 6.04 Å². The van der Waals surface area contributed by atoms with Gasteiger partial charge in [-0.3, -0.25) is 0 Å². The molecule has 0 bridgehead atoms. The predicted octanol–water partition coefficient (Wildman–Crippen LogP) is 5.91. The van der Waals surface area contributed by atoms with Gasteiger partial charge in [0.25, 0.3) is 0 Å². The maximum absolute atomic E-state index is 4.33. The summed E-state index contributed by atoms with van der Waals surface area (Å²) in [5.74, 6) is 0. The van der Waals surface area contributed by atoms with Crippen LogP contribution in [0.3, 0.4) is 0 Å². The van der Waals surface area contributed by atoms with Crippen LogP contribution in [0.15, 0.2) is 103 Å². The van der Waals surface area contributed by atoms with Crippen molar-refractivity contribution in [2.45, 2.75) is 32.2 Å². The summed E-state index contributed by atoms with van der Waals surface area (Å²) in [6.45, 7) is 10.7. The fraction of sp³-hybridized carbons (Fsp3) is 0.200. The number of allylic oxidation sites excluding steroid dienone is 3. The van der Waals surface area contributed by atoms with E-state index in [1.165, 1.54) is 16.7 Å². The Morgan fingerprint density at radius 1 is 1.00 bits per heavy atom. The second-order valence-corrected chi connectivity index (χ2v) is 6.97. The van der Waals surface area contributed by atoms with Gasteiger partial charge < -0.3 is 10.6 Å². The van der Waals surface area contributed by atoms with Gasteiger partial charge in [-0.2, -0.15) is 0 Å². The van der Waals surface area contributed by atoms with Gasteiger partial charge in [0, 0.05) is 17.1 Å². The maximum Gasteiger partial charge on any atom is 0.0697 e. The summed E-state index contributed by atoms with van der Waals surface area (Å²) >= 11 is 0. The first kappa shape index (κ1) is 18.8. The van der Waals surface area contributed by atoms with Gasteiger partial charge in [-0.1, -0.05) is 79.9 Å². The average molecular weight is 357 g/mol. The van der Waals surface area contributed by atoms with Crippen LogP contribution in [-0.2, 0) is 6.42 Å². The molecule has 0 aliphatic heterocycles. The van der Waals surface area contributed by atoms with Crippen molar-refractivity contribution in [3.63, 3.8) is 0 Å². The maximum atomic E-state index is 4.33. The van der Waals surface area contributed by atoms with Crippen molar-refractivity contribution in [1.29, 1.82) is 0 Å². The molecule has 1 atom stereocenters. The smallest absolute Gasteiger partial charge is 0.0697 e. The molecule has 0 aromatic heterocycles. The highest BCUT2D eigenvalue weighted by Crippen LogP contribution is 2.21. The fourth-order valence-electron chi connectivity index (χ4n) is 3.22. The van der Waals surface area contributed by atoms with Crippen molar-refractivity contribution < 1.29 is 0 Å². The fourth-order valence-corrected chi connectivity index (χ4v) is 3.22. The molecule has 0 saturated carbocycles. The lowest BCUT2D eigenvalue weighted by Gasteiger charge is -2.26. The Bertz CT molecular complexity index is 859. The normalized spacial score (nSPS) is 14.2. The number of nitrogens with one attached hydrogen (secondary N) is 2. The average Bonchev–Trinajstić information content (AvgIpc) is 2.70. The summed E-state index contributed by atoms with van der Waals surface area (Å²) in [5, 5.41) is 7.10. The van der Waals surface area contributed by atoms with Crippen molar-refractivity contribution >= 4 is 5.69 Å². The summed E-state index contributed by atoms with van der Waals surface area (Å²) in [7, 11) is 0. The standard InChI is InChI=1S/C25H28N2/c1-19-12-10-11-17-24(19)27-21(3)25(18-22-13-6-4-7-14-22)26-20(2)23-15-8-5-9-16-23/h4,6-8,10-17,25-27H,2-3,5,9,18H2,1H3. The molecule has 0 radical (unpaired) electrons. The zero-order valence-corrected chi connectivity index (χ0v) is 16.0. The first-order valence-corrected chi connectivity index (χ1v) is 9.51. The number of benzene rings is 2. The Balaban J connectivity index is 1.77. The summed E-state index contributed by atoms with van der Waals surface area (Å²) in [6, 6.07) is 18.8. The molecule has 0 amide bonds. The molecular formula is C25H28N2. The van der Waals surface area contributed by atoms with Crippen LogP contribution in [0.5, 0.6) is 0 Å². The van der Waals surface area contributed by atoms with E-state index in [0.717, 1.165) is 36.3 Å². The first-order chi connectivity index (χ1) is 13.1. The first-order valence-electron chi connectivity index (χ1n) is 9.51. The molecule has 1 aliphatic carbocycles. The zero-order valence-electron chi connectivity index (χ0n) is 16.0. The van der Waals surface area contributed by atoms with Crippen LogP contribution < -0.4 is 10.6 Å². The number of rotatable bonds is 8. The molecule has 2 heteroatoms. The second kappa shape index (κ2) is 9.09. The lowest BCUT2D eigenvalue weighted by Crippen LogP contribution is -2.35. The van der Waals surface area contributed by atoms with E-state index >= 15 is 0 Å². The van der Waals surface area contributed by atoms with Crippen LogP contribution in [0.2, 0.25) is 0 Å². The molecule has 3 rings (SSSR count). The van der Waals surface area contributed by atoms with Gasteiger partial charge in [0.2, 0.25) is 0 Å². The minimum absolute atomic E-state index is 0.0377. The molecule has 2 N–H and O–H groups in total. The van der Waals surface area contributed by atoms with E-state index in [1.807, 2.05) is 18.2 Å². The number of para-hydroxylation sites is 1. The van der Waals surface area contributed by atoms with E-state index in [4.69, 9.17) is 0 Å². The highest BCUT2D eigenvalue weighted by atomic mass is 15.0. The number of hydrogen-bond donors (Lipinski definition) is 2. The largest absolute Gasteiger partial charge is 0.376 e. The van der Waals surface area contributed by atoms with Crippen molar-refractivity contribution in [3.8, 4) is 0 Å². The van der Waals surface area contributed by atoms with Crippen molar-refractivity contribution in [3.05, 3.63) is 114 Å². The highest BCUT2D eigenvalue weighted by molar-refractivity contribution is 5.55. The van der Waals surface area contributed by atoms with Gasteiger partial charge in [0.05, 0.1) is 6.04 Å². The molecule has 0 fully saturated rings. The molecule has 0 saturated heterocycles. The van der Waals surface area contributed by atoms with E-state index < -0.39 is 0 Å². The molecule has 2 aromatic rings. The van der Waals surface area contributed by atoms with Gasteiger partial charge in [-0.25, -0.2) is 0 Å². The van der Waals surface area contributed by atoms with E-state index in [0.29, 0.717) is 0 Å². The van der Waals surface area contributed by atoms with Crippen LogP contribution in [0.1, 0.15) is 24.0 Å². The Hall–Kier alpha value is -3.00. The van der Waals surface area contributed by atoms with Gasteiger partial charge in [0.1, 0.15) is 0 Å². The molecule has 2 nitrogen and oxygen atoms in total. The van der Waals surface area contributed by atoms with E-state index in [1.54, 1.807) is 0 Å². The Labute approximate surface area is 163 Å². The Kier molecular flexibility index (Phi) is 6.32. The third-order valence-electron chi connectivity index (χ3n) is 4.84. The summed E-state index contributed by atoms with van der Waals surface area (Å²) < 4.78 is 0. The number of aryl methyl sites for hydroxylation is 1. The van der Waals surface area contributed by atoms with Crippen molar-refractivity contribution in [2.75, 3.05) is 5.32 Å². The lowest BCUT2D eigenvalue weighted by molar-refractivity contribution is 0.645. The molecule has 1 aliphatic rings. The predicted molar refractivity (Wildman–Crippen MR) is 117 cm³/mol. The van der Waals surface area contributed by atoms with E-state index in [2.05, 4.69) is 85.3 Å². The Morgan fingerprint density at radius 3 is 2.44 bits per heavy atom. The SMILES string of the molecule is C=C(NC(Cc1ccccc1)C(=C)Nc1ccccc1C)C1=CCCC=C1. The van der Waals surface area contributed by atoms with E-state index in [9.17, 15) is 0 Å². The second-order valence-electron chi connectivity index (χ2n) is 6.97. The van der Waals surface area contributed by atoms with Gasteiger partial charge >= 0.3 is 0 Å².